The van der Waals surface area contributed by atoms with Gasteiger partial charge in [0, 0.05) is 32.1 Å². The van der Waals surface area contributed by atoms with Crippen molar-refractivity contribution >= 4 is 11.7 Å². The molecule has 0 radical (unpaired) electrons. The Kier molecular flexibility index (Phi) is 4.28. The van der Waals surface area contributed by atoms with Gasteiger partial charge in [-0.1, -0.05) is 0 Å². The number of amides is 1. The van der Waals surface area contributed by atoms with Crippen LogP contribution in [0.4, 0.5) is 0 Å². The van der Waals surface area contributed by atoms with Gasteiger partial charge < -0.3 is 9.88 Å². The van der Waals surface area contributed by atoms with Gasteiger partial charge in [0.05, 0.1) is 5.69 Å². The van der Waals surface area contributed by atoms with E-state index in [1.807, 2.05) is 30.7 Å². The number of ketones is 1. The summed E-state index contributed by atoms with van der Waals surface area (Å²) in [6.45, 7) is 5.92. The van der Waals surface area contributed by atoms with Gasteiger partial charge in [0.25, 0.3) is 0 Å². The first-order valence-electron chi connectivity index (χ1n) is 5.46. The van der Waals surface area contributed by atoms with Gasteiger partial charge in [-0.15, -0.1) is 0 Å². The molecule has 1 heterocycles. The fourth-order valence-corrected chi connectivity index (χ4v) is 1.54. The molecule has 16 heavy (non-hydrogen) atoms. The van der Waals surface area contributed by atoms with Crippen LogP contribution in [0.25, 0.3) is 0 Å². The Morgan fingerprint density at radius 2 is 2.12 bits per heavy atom. The van der Waals surface area contributed by atoms with Crippen LogP contribution in [0, 0.1) is 0 Å². The maximum atomic E-state index is 11.4. The van der Waals surface area contributed by atoms with E-state index in [1.165, 1.54) is 6.92 Å². The second-order valence-electron chi connectivity index (χ2n) is 4.12. The summed E-state index contributed by atoms with van der Waals surface area (Å²) in [4.78, 5) is 22.6. The van der Waals surface area contributed by atoms with Gasteiger partial charge in [0.1, 0.15) is 0 Å². The minimum Gasteiger partial charge on any atom is -0.354 e. The van der Waals surface area contributed by atoms with E-state index in [-0.39, 0.29) is 17.7 Å². The van der Waals surface area contributed by atoms with E-state index < -0.39 is 0 Å². The highest BCUT2D eigenvalue weighted by molar-refractivity contribution is 5.92. The van der Waals surface area contributed by atoms with E-state index in [4.69, 9.17) is 0 Å². The highest BCUT2D eigenvalue weighted by Gasteiger charge is 2.08. The number of nitrogens with one attached hydrogen (secondary N) is 1. The summed E-state index contributed by atoms with van der Waals surface area (Å²) in [6.07, 6.45) is 2.21. The molecule has 1 rings (SSSR count). The van der Waals surface area contributed by atoms with Crippen LogP contribution < -0.4 is 5.32 Å². The molecular formula is C12H18N2O2. The summed E-state index contributed by atoms with van der Waals surface area (Å²) in [5.41, 5.74) is 0.650. The molecule has 0 atom stereocenters. The van der Waals surface area contributed by atoms with E-state index in [2.05, 4.69) is 5.32 Å². The lowest BCUT2D eigenvalue weighted by molar-refractivity contribution is -0.121. The van der Waals surface area contributed by atoms with Crippen molar-refractivity contribution in [3.8, 4) is 0 Å². The quantitative estimate of drug-likeness (QED) is 0.769. The van der Waals surface area contributed by atoms with Crippen LogP contribution in [-0.2, 0) is 11.3 Å². The molecule has 1 aromatic rings. The third kappa shape index (κ3) is 3.53. The maximum absolute atomic E-state index is 11.4. The molecule has 4 heteroatoms. The van der Waals surface area contributed by atoms with E-state index in [0.29, 0.717) is 18.7 Å². The molecule has 0 saturated heterocycles. The van der Waals surface area contributed by atoms with E-state index >= 15 is 0 Å². The molecule has 0 aliphatic carbocycles. The number of nitrogens with zero attached hydrogens (tertiary/aromatic N) is 1. The monoisotopic (exact) mass is 222 g/mol. The minimum absolute atomic E-state index is 0.0122. The molecule has 0 aromatic carbocycles. The van der Waals surface area contributed by atoms with Crippen molar-refractivity contribution in [2.24, 2.45) is 0 Å². The highest BCUT2D eigenvalue weighted by atomic mass is 16.1. The summed E-state index contributed by atoms with van der Waals surface area (Å²) < 4.78 is 1.81. The Labute approximate surface area is 95.6 Å². The third-order valence-electron chi connectivity index (χ3n) is 2.22. The molecule has 1 aromatic heterocycles. The second kappa shape index (κ2) is 5.49. The smallest absolute Gasteiger partial charge is 0.221 e. The molecule has 1 amide bonds. The van der Waals surface area contributed by atoms with Crippen LogP contribution in [0.2, 0.25) is 0 Å². The zero-order chi connectivity index (χ0) is 12.1. The van der Waals surface area contributed by atoms with Gasteiger partial charge in [-0.2, -0.15) is 0 Å². The number of Topliss-reactive ketones (excluding diaryl/α,β-unsaturated/α-hetero) is 1. The number of carbonyl (C=O) groups is 2. The van der Waals surface area contributed by atoms with Crippen LogP contribution in [0.1, 0.15) is 37.7 Å². The summed E-state index contributed by atoms with van der Waals surface area (Å²) in [7, 11) is 0. The molecule has 0 unspecified atom stereocenters. The van der Waals surface area contributed by atoms with Crippen molar-refractivity contribution < 1.29 is 9.59 Å². The highest BCUT2D eigenvalue weighted by Crippen LogP contribution is 2.04. The van der Waals surface area contributed by atoms with Crippen LogP contribution in [0.15, 0.2) is 18.3 Å². The standard InChI is InChI=1S/C12H18N2O2/c1-9(2)13-12(16)6-8-14-7-4-5-11(14)10(3)15/h4-5,7,9H,6,8H2,1-3H3,(H,13,16). The molecule has 88 valence electrons. The third-order valence-corrected chi connectivity index (χ3v) is 2.22. The zero-order valence-corrected chi connectivity index (χ0v) is 9.99. The average molecular weight is 222 g/mol. The summed E-state index contributed by atoms with van der Waals surface area (Å²) >= 11 is 0. The number of hydrogen-bond acceptors (Lipinski definition) is 2. The predicted molar refractivity (Wildman–Crippen MR) is 62.3 cm³/mol. The molecule has 0 saturated carbocycles. The number of hydrogen-bond donors (Lipinski definition) is 1. The number of aryl methyl sites for hydroxylation is 1. The Morgan fingerprint density at radius 1 is 1.44 bits per heavy atom. The van der Waals surface area contributed by atoms with Crippen molar-refractivity contribution in [1.82, 2.24) is 9.88 Å². The lowest BCUT2D eigenvalue weighted by atomic mass is 10.3. The van der Waals surface area contributed by atoms with E-state index in [0.717, 1.165) is 0 Å². The lowest BCUT2D eigenvalue weighted by Crippen LogP contribution is -2.30. The first-order chi connectivity index (χ1) is 7.50. The Hall–Kier alpha value is -1.58. The Balaban J connectivity index is 2.51. The van der Waals surface area contributed by atoms with Crippen LogP contribution in [-0.4, -0.2) is 22.3 Å². The topological polar surface area (TPSA) is 51.1 Å². The fourth-order valence-electron chi connectivity index (χ4n) is 1.54. The fraction of sp³-hybridized carbons (Fsp3) is 0.500. The van der Waals surface area contributed by atoms with Crippen molar-refractivity contribution in [3.05, 3.63) is 24.0 Å². The van der Waals surface area contributed by atoms with Gasteiger partial charge in [0.2, 0.25) is 5.91 Å². The van der Waals surface area contributed by atoms with E-state index in [9.17, 15) is 9.59 Å². The van der Waals surface area contributed by atoms with Crippen LogP contribution in [0.3, 0.4) is 0 Å². The lowest BCUT2D eigenvalue weighted by Gasteiger charge is -2.10. The molecular weight excluding hydrogens is 204 g/mol. The first kappa shape index (κ1) is 12.5. The van der Waals surface area contributed by atoms with Gasteiger partial charge >= 0.3 is 0 Å². The number of aromatic nitrogens is 1. The molecule has 0 aliphatic rings. The van der Waals surface area contributed by atoms with Crippen molar-refractivity contribution in [3.63, 3.8) is 0 Å². The number of carbonyl (C=O) groups excluding carboxylic acids is 2. The number of rotatable bonds is 5. The molecule has 0 spiro atoms. The van der Waals surface area contributed by atoms with Crippen molar-refractivity contribution in [2.45, 2.75) is 39.8 Å². The SMILES string of the molecule is CC(=O)c1cccn1CCC(=O)NC(C)C. The normalized spacial score (nSPS) is 10.5. The van der Waals surface area contributed by atoms with Crippen molar-refractivity contribution in [2.75, 3.05) is 0 Å². The van der Waals surface area contributed by atoms with Gasteiger partial charge in [0.15, 0.2) is 5.78 Å². The van der Waals surface area contributed by atoms with E-state index in [1.54, 1.807) is 6.07 Å². The minimum atomic E-state index is 0.0122. The van der Waals surface area contributed by atoms with Crippen LogP contribution >= 0.6 is 0 Å². The summed E-state index contributed by atoms with van der Waals surface area (Å²) in [5, 5.41) is 2.82. The predicted octanol–water partition coefficient (Wildman–Crippen LogP) is 1.61. The largest absolute Gasteiger partial charge is 0.354 e. The second-order valence-corrected chi connectivity index (χ2v) is 4.12. The first-order valence-corrected chi connectivity index (χ1v) is 5.46. The summed E-state index contributed by atoms with van der Waals surface area (Å²) in [6, 6.07) is 3.74. The Bertz CT molecular complexity index is 380. The molecule has 0 fully saturated rings. The maximum Gasteiger partial charge on any atom is 0.221 e. The van der Waals surface area contributed by atoms with Gasteiger partial charge in [-0.05, 0) is 26.0 Å². The average Bonchev–Trinajstić information content (AvgIpc) is 2.61. The van der Waals surface area contributed by atoms with Gasteiger partial charge in [-0.25, -0.2) is 0 Å². The molecule has 0 aliphatic heterocycles. The van der Waals surface area contributed by atoms with Gasteiger partial charge in [-0.3, -0.25) is 9.59 Å². The summed E-state index contributed by atoms with van der Waals surface area (Å²) in [5.74, 6) is 0.0347. The Morgan fingerprint density at radius 3 is 2.69 bits per heavy atom. The van der Waals surface area contributed by atoms with Crippen molar-refractivity contribution in [1.29, 1.82) is 0 Å². The molecule has 1 N–H and O–H groups in total. The van der Waals surface area contributed by atoms with Crippen LogP contribution in [0.5, 0.6) is 0 Å². The molecule has 4 nitrogen and oxygen atoms in total. The zero-order valence-electron chi connectivity index (χ0n) is 9.99. The molecule has 0 bridgehead atoms.